The predicted molar refractivity (Wildman–Crippen MR) is 76.0 cm³/mol. The van der Waals surface area contributed by atoms with Crippen molar-refractivity contribution >= 4 is 5.91 Å². The zero-order valence-corrected chi connectivity index (χ0v) is 13.0. The van der Waals surface area contributed by atoms with Crippen molar-refractivity contribution in [2.24, 2.45) is 0 Å². The third-order valence-corrected chi connectivity index (χ3v) is 3.09. The van der Waals surface area contributed by atoms with Crippen LogP contribution < -0.4 is 0 Å². The molecule has 21 heavy (non-hydrogen) atoms. The van der Waals surface area contributed by atoms with Crippen molar-refractivity contribution in [2.45, 2.75) is 45.7 Å². The van der Waals surface area contributed by atoms with Gasteiger partial charge in [0.1, 0.15) is 0 Å². The summed E-state index contributed by atoms with van der Waals surface area (Å²) < 4.78 is 37.3. The quantitative estimate of drug-likeness (QED) is 0.636. The first kappa shape index (κ1) is 20.2. The lowest BCUT2D eigenvalue weighted by atomic mass is 10.2. The van der Waals surface area contributed by atoms with E-state index in [1.165, 1.54) is 0 Å². The Kier molecular flexibility index (Phi) is 10.4. The molecule has 0 rings (SSSR count). The monoisotopic (exact) mass is 312 g/mol. The lowest BCUT2D eigenvalue weighted by Gasteiger charge is -2.27. The van der Waals surface area contributed by atoms with E-state index in [2.05, 4.69) is 0 Å². The molecule has 7 heteroatoms. The second-order valence-electron chi connectivity index (χ2n) is 5.14. The first-order chi connectivity index (χ1) is 9.84. The second kappa shape index (κ2) is 10.8. The Hall–Kier alpha value is -0.820. The maximum atomic E-state index is 12.4. The summed E-state index contributed by atoms with van der Waals surface area (Å²) in [5.74, 6) is -0.297. The number of unbranched alkanes of at least 4 members (excludes halogenated alkanes) is 2. The van der Waals surface area contributed by atoms with E-state index in [1.54, 1.807) is 4.90 Å². The van der Waals surface area contributed by atoms with Gasteiger partial charge in [-0.3, -0.25) is 9.69 Å². The summed E-state index contributed by atoms with van der Waals surface area (Å²) in [4.78, 5) is 14.7. The minimum atomic E-state index is -4.37. The Morgan fingerprint density at radius 1 is 1.05 bits per heavy atom. The van der Waals surface area contributed by atoms with E-state index in [4.69, 9.17) is 5.11 Å². The Labute approximate surface area is 124 Å². The van der Waals surface area contributed by atoms with Crippen LogP contribution in [0.4, 0.5) is 13.2 Å². The number of hydrogen-bond donors (Lipinski definition) is 1. The van der Waals surface area contributed by atoms with Gasteiger partial charge in [0.05, 0.1) is 19.7 Å². The zero-order valence-electron chi connectivity index (χ0n) is 13.0. The van der Waals surface area contributed by atoms with Crippen LogP contribution >= 0.6 is 0 Å². The van der Waals surface area contributed by atoms with Gasteiger partial charge in [-0.1, -0.05) is 26.7 Å². The van der Waals surface area contributed by atoms with Crippen LogP contribution in [0.1, 0.15) is 39.5 Å². The van der Waals surface area contributed by atoms with Gasteiger partial charge >= 0.3 is 6.18 Å². The van der Waals surface area contributed by atoms with Gasteiger partial charge in [0, 0.05) is 19.6 Å². The molecule has 0 saturated heterocycles. The number of halogens is 3. The third-order valence-electron chi connectivity index (χ3n) is 3.09. The molecule has 0 aromatic heterocycles. The Bertz CT molecular complexity index is 278. The predicted octanol–water partition coefficient (Wildman–Crippen LogP) is 2.27. The van der Waals surface area contributed by atoms with Gasteiger partial charge in [-0.25, -0.2) is 0 Å². The summed E-state index contributed by atoms with van der Waals surface area (Å²) in [7, 11) is 0. The van der Waals surface area contributed by atoms with Crippen LogP contribution in [0.15, 0.2) is 0 Å². The van der Waals surface area contributed by atoms with Crippen LogP contribution in [-0.4, -0.2) is 66.3 Å². The lowest BCUT2D eigenvalue weighted by molar-refractivity contribution is -0.152. The fourth-order valence-electron chi connectivity index (χ4n) is 1.96. The molecule has 4 nitrogen and oxygen atoms in total. The van der Waals surface area contributed by atoms with Crippen molar-refractivity contribution in [1.82, 2.24) is 9.80 Å². The standard InChI is InChI=1S/C14H27F3N2O2/c1-3-5-7-19(8-6-4-2)13(21)11-18(9-10-20)12-14(15,16)17/h20H,3-12H2,1-2H3. The summed E-state index contributed by atoms with van der Waals surface area (Å²) in [5, 5.41) is 8.83. The molecular formula is C14H27F3N2O2. The molecular weight excluding hydrogens is 285 g/mol. The van der Waals surface area contributed by atoms with E-state index < -0.39 is 19.3 Å². The highest BCUT2D eigenvalue weighted by Gasteiger charge is 2.31. The molecule has 0 unspecified atom stereocenters. The summed E-state index contributed by atoms with van der Waals surface area (Å²) >= 11 is 0. The van der Waals surface area contributed by atoms with Gasteiger partial charge in [-0.15, -0.1) is 0 Å². The first-order valence-electron chi connectivity index (χ1n) is 7.51. The van der Waals surface area contributed by atoms with Gasteiger partial charge in [0.2, 0.25) is 5.91 Å². The molecule has 1 N–H and O–H groups in total. The highest BCUT2D eigenvalue weighted by atomic mass is 19.4. The SMILES string of the molecule is CCCCN(CCCC)C(=O)CN(CCO)CC(F)(F)F. The number of carbonyl (C=O) groups excluding carboxylic acids is 1. The summed E-state index contributed by atoms with van der Waals surface area (Å²) in [6.07, 6.45) is -0.825. The van der Waals surface area contributed by atoms with Crippen molar-refractivity contribution in [3.8, 4) is 0 Å². The van der Waals surface area contributed by atoms with E-state index in [1.807, 2.05) is 13.8 Å². The van der Waals surface area contributed by atoms with Gasteiger partial charge in [0.15, 0.2) is 0 Å². The lowest BCUT2D eigenvalue weighted by Crippen LogP contribution is -2.45. The van der Waals surface area contributed by atoms with Gasteiger partial charge in [-0.2, -0.15) is 13.2 Å². The Balaban J connectivity index is 4.56. The maximum Gasteiger partial charge on any atom is 0.401 e. The minimum Gasteiger partial charge on any atom is -0.395 e. The van der Waals surface area contributed by atoms with Crippen LogP contribution in [0.2, 0.25) is 0 Å². The Morgan fingerprint density at radius 3 is 1.95 bits per heavy atom. The van der Waals surface area contributed by atoms with Gasteiger partial charge < -0.3 is 10.0 Å². The van der Waals surface area contributed by atoms with Crippen LogP contribution in [0.25, 0.3) is 0 Å². The Morgan fingerprint density at radius 2 is 1.57 bits per heavy atom. The molecule has 0 aromatic carbocycles. The highest BCUT2D eigenvalue weighted by molar-refractivity contribution is 5.78. The van der Waals surface area contributed by atoms with Crippen LogP contribution in [0.5, 0.6) is 0 Å². The number of aliphatic hydroxyl groups is 1. The largest absolute Gasteiger partial charge is 0.401 e. The number of alkyl halides is 3. The van der Waals surface area contributed by atoms with Crippen LogP contribution in [0, 0.1) is 0 Å². The molecule has 0 spiro atoms. The fraction of sp³-hybridized carbons (Fsp3) is 0.929. The molecule has 0 atom stereocenters. The third kappa shape index (κ3) is 10.5. The molecule has 0 saturated carbocycles. The minimum absolute atomic E-state index is 0.152. The molecule has 0 aliphatic heterocycles. The van der Waals surface area contributed by atoms with E-state index >= 15 is 0 Å². The van der Waals surface area contributed by atoms with E-state index in [9.17, 15) is 18.0 Å². The van der Waals surface area contributed by atoms with Crippen molar-refractivity contribution < 1.29 is 23.1 Å². The summed E-state index contributed by atoms with van der Waals surface area (Å²) in [6.45, 7) is 3.15. The van der Waals surface area contributed by atoms with Crippen molar-refractivity contribution in [2.75, 3.05) is 39.3 Å². The molecule has 0 radical (unpaired) electrons. The van der Waals surface area contributed by atoms with E-state index in [-0.39, 0.29) is 19.0 Å². The summed E-state index contributed by atoms with van der Waals surface area (Å²) in [5.41, 5.74) is 0. The first-order valence-corrected chi connectivity index (χ1v) is 7.51. The molecule has 0 bridgehead atoms. The zero-order chi connectivity index (χ0) is 16.3. The second-order valence-corrected chi connectivity index (χ2v) is 5.14. The maximum absolute atomic E-state index is 12.4. The average molecular weight is 312 g/mol. The van der Waals surface area contributed by atoms with E-state index in [0.717, 1.165) is 30.6 Å². The fourth-order valence-corrected chi connectivity index (χ4v) is 1.96. The van der Waals surface area contributed by atoms with Crippen molar-refractivity contribution in [1.29, 1.82) is 0 Å². The van der Waals surface area contributed by atoms with E-state index in [0.29, 0.717) is 13.1 Å². The van der Waals surface area contributed by atoms with Crippen LogP contribution in [0.3, 0.4) is 0 Å². The van der Waals surface area contributed by atoms with Gasteiger partial charge in [0.25, 0.3) is 0 Å². The number of nitrogens with zero attached hydrogens (tertiary/aromatic N) is 2. The number of hydrogen-bond acceptors (Lipinski definition) is 3. The smallest absolute Gasteiger partial charge is 0.395 e. The topological polar surface area (TPSA) is 43.8 Å². The van der Waals surface area contributed by atoms with Crippen LogP contribution in [-0.2, 0) is 4.79 Å². The molecule has 0 aromatic rings. The summed E-state index contributed by atoms with van der Waals surface area (Å²) in [6, 6.07) is 0. The highest BCUT2D eigenvalue weighted by Crippen LogP contribution is 2.16. The molecule has 1 amide bonds. The average Bonchev–Trinajstić information content (AvgIpc) is 2.37. The number of rotatable bonds is 11. The molecule has 0 aliphatic rings. The normalized spacial score (nSPS) is 12.0. The number of aliphatic hydroxyl groups excluding tert-OH is 1. The molecule has 0 heterocycles. The molecule has 126 valence electrons. The number of carbonyl (C=O) groups is 1. The van der Waals surface area contributed by atoms with Crippen molar-refractivity contribution in [3.63, 3.8) is 0 Å². The van der Waals surface area contributed by atoms with Gasteiger partial charge in [-0.05, 0) is 12.8 Å². The molecule has 0 fully saturated rings. The molecule has 0 aliphatic carbocycles. The number of amides is 1. The van der Waals surface area contributed by atoms with Crippen molar-refractivity contribution in [3.05, 3.63) is 0 Å².